The van der Waals surface area contributed by atoms with Gasteiger partial charge in [-0.25, -0.2) is 8.78 Å². The second-order valence-corrected chi connectivity index (χ2v) is 9.75. The molecule has 3 unspecified atom stereocenters. The molecule has 0 radical (unpaired) electrons. The molecule has 1 saturated carbocycles. The van der Waals surface area contributed by atoms with Gasteiger partial charge in [-0.15, -0.1) is 0 Å². The Morgan fingerprint density at radius 3 is 2.39 bits per heavy atom. The van der Waals surface area contributed by atoms with Gasteiger partial charge < -0.3 is 14.2 Å². The molecule has 0 N–H and O–H groups in total. The molecule has 9 heteroatoms. The molecule has 0 aromatic heterocycles. The van der Waals surface area contributed by atoms with Gasteiger partial charge >= 0.3 is 5.97 Å². The number of esters is 1. The maximum absolute atomic E-state index is 14.5. The van der Waals surface area contributed by atoms with Crippen molar-refractivity contribution < 1.29 is 32.2 Å². The molecular formula is C29H23ClF3NO4. The predicted molar refractivity (Wildman–Crippen MR) is 135 cm³/mol. The van der Waals surface area contributed by atoms with E-state index < -0.39 is 58.1 Å². The number of ether oxygens (including phenoxy) is 3. The summed E-state index contributed by atoms with van der Waals surface area (Å²) in [7, 11) is 1.02. The molecule has 1 aliphatic carbocycles. The fourth-order valence-electron chi connectivity index (χ4n) is 4.35. The van der Waals surface area contributed by atoms with Crippen LogP contribution in [0.25, 0.3) is 5.03 Å². The summed E-state index contributed by atoms with van der Waals surface area (Å²) in [6, 6.07) is 18.4. The van der Waals surface area contributed by atoms with Gasteiger partial charge in [0.25, 0.3) is 0 Å². The topological polar surface area (TPSA) is 68.5 Å². The summed E-state index contributed by atoms with van der Waals surface area (Å²) in [5, 5.41) is 9.44. The first-order chi connectivity index (χ1) is 18.1. The Morgan fingerprint density at radius 2 is 1.74 bits per heavy atom. The van der Waals surface area contributed by atoms with Gasteiger partial charge in [0, 0.05) is 16.2 Å². The lowest BCUT2D eigenvalue weighted by molar-refractivity contribution is -0.149. The van der Waals surface area contributed by atoms with Gasteiger partial charge in [0.1, 0.15) is 17.6 Å². The molecule has 5 nitrogen and oxygen atoms in total. The zero-order valence-corrected chi connectivity index (χ0v) is 21.4. The lowest BCUT2D eigenvalue weighted by Crippen LogP contribution is -2.14. The molecule has 38 heavy (non-hydrogen) atoms. The third-order valence-corrected chi connectivity index (χ3v) is 6.89. The van der Waals surface area contributed by atoms with E-state index in [1.807, 2.05) is 24.3 Å². The van der Waals surface area contributed by atoms with Crippen LogP contribution in [0.1, 0.15) is 31.1 Å². The number of carbonyl (C=O) groups excluding carboxylic acids is 1. The number of carbonyl (C=O) groups is 1. The van der Waals surface area contributed by atoms with E-state index in [-0.39, 0.29) is 5.03 Å². The summed E-state index contributed by atoms with van der Waals surface area (Å²) in [5.41, 5.74) is -0.734. The summed E-state index contributed by atoms with van der Waals surface area (Å²) in [5.74, 6) is -5.68. The van der Waals surface area contributed by atoms with E-state index in [1.165, 1.54) is 6.08 Å². The number of para-hydroxylation sites is 1. The normalized spacial score (nSPS) is 18.7. The number of allylic oxidation sites excluding steroid dienone is 1. The molecule has 1 aliphatic rings. The minimum absolute atomic E-state index is 0.265. The number of benzene rings is 3. The van der Waals surface area contributed by atoms with Crippen molar-refractivity contribution >= 4 is 22.6 Å². The fourth-order valence-corrected chi connectivity index (χ4v) is 4.62. The number of hydrogen-bond donors (Lipinski definition) is 0. The highest BCUT2D eigenvalue weighted by Crippen LogP contribution is 2.60. The van der Waals surface area contributed by atoms with Crippen LogP contribution in [-0.4, -0.2) is 13.1 Å². The average Bonchev–Trinajstić information content (AvgIpc) is 3.44. The molecule has 0 spiro atoms. The van der Waals surface area contributed by atoms with Gasteiger partial charge in [-0.3, -0.25) is 4.79 Å². The van der Waals surface area contributed by atoms with Crippen LogP contribution < -0.4 is 9.47 Å². The van der Waals surface area contributed by atoms with Gasteiger partial charge in [-0.1, -0.05) is 61.9 Å². The minimum Gasteiger partial charge on any atom is -0.491 e. The molecule has 3 atom stereocenters. The molecule has 0 saturated heterocycles. The van der Waals surface area contributed by atoms with Crippen molar-refractivity contribution in [2.75, 3.05) is 7.11 Å². The quantitative estimate of drug-likeness (QED) is 0.217. The average molecular weight is 542 g/mol. The molecule has 196 valence electrons. The Balaban J connectivity index is 1.50. The Bertz CT molecular complexity index is 1440. The molecule has 0 bridgehead atoms. The Hall–Kier alpha value is -3.96. The summed E-state index contributed by atoms with van der Waals surface area (Å²) < 4.78 is 58.6. The lowest BCUT2D eigenvalue weighted by atomic mass is 10.1. The molecule has 0 amide bonds. The summed E-state index contributed by atoms with van der Waals surface area (Å²) in [6.45, 7) is 3.54. The monoisotopic (exact) mass is 541 g/mol. The number of nitrogens with zero attached hydrogens (tertiary/aromatic N) is 1. The number of methoxy groups -OCH3 is 1. The van der Waals surface area contributed by atoms with Gasteiger partial charge in [0.2, 0.25) is 11.9 Å². The SMILES string of the molecule is COc1c(F)cc(C(Cl)=CC2C(C(=O)OC(C#N)c3cccc(Oc4ccccc4)c3)C2(C)C)c(F)c1F. The van der Waals surface area contributed by atoms with Crippen molar-refractivity contribution in [2.45, 2.75) is 20.0 Å². The van der Waals surface area contributed by atoms with Crippen molar-refractivity contribution in [3.63, 3.8) is 0 Å². The van der Waals surface area contributed by atoms with Gasteiger partial charge in [0.15, 0.2) is 17.4 Å². The summed E-state index contributed by atoms with van der Waals surface area (Å²) in [4.78, 5) is 13.0. The van der Waals surface area contributed by atoms with Crippen molar-refractivity contribution in [3.05, 3.63) is 95.3 Å². The number of halogens is 4. The molecular weight excluding hydrogens is 519 g/mol. The first-order valence-electron chi connectivity index (χ1n) is 11.6. The fraction of sp³-hybridized carbons (Fsp3) is 0.241. The minimum atomic E-state index is -1.50. The van der Waals surface area contributed by atoms with Crippen LogP contribution in [0.2, 0.25) is 0 Å². The van der Waals surface area contributed by atoms with Crippen molar-refractivity contribution in [1.82, 2.24) is 0 Å². The van der Waals surface area contributed by atoms with Crippen LogP contribution in [0.4, 0.5) is 13.2 Å². The van der Waals surface area contributed by atoms with E-state index in [1.54, 1.807) is 50.2 Å². The van der Waals surface area contributed by atoms with Crippen LogP contribution in [0, 0.1) is 46.0 Å². The van der Waals surface area contributed by atoms with Gasteiger partial charge in [-0.2, -0.15) is 9.65 Å². The van der Waals surface area contributed by atoms with E-state index in [0.29, 0.717) is 17.1 Å². The third-order valence-electron chi connectivity index (χ3n) is 6.56. The van der Waals surface area contributed by atoms with Crippen LogP contribution in [-0.2, 0) is 9.53 Å². The van der Waals surface area contributed by atoms with Crippen LogP contribution >= 0.6 is 11.6 Å². The van der Waals surface area contributed by atoms with Crippen LogP contribution in [0.15, 0.2) is 66.7 Å². The predicted octanol–water partition coefficient (Wildman–Crippen LogP) is 7.56. The highest BCUT2D eigenvalue weighted by Gasteiger charge is 2.62. The standard InChI is InChI=1S/C29H23ClF3NO4/c1-29(2)20(14-21(30)19-13-22(31)27(36-3)26(33)25(19)32)24(29)28(35)38-23(15-34)16-8-7-11-18(12-16)37-17-9-5-4-6-10-17/h4-14,20,23-24H,1-3H3. The van der Waals surface area contributed by atoms with E-state index in [2.05, 4.69) is 4.74 Å². The highest BCUT2D eigenvalue weighted by atomic mass is 35.5. The second-order valence-electron chi connectivity index (χ2n) is 9.34. The molecule has 0 heterocycles. The van der Waals surface area contributed by atoms with E-state index in [9.17, 15) is 23.2 Å². The number of hydrogen-bond acceptors (Lipinski definition) is 5. The number of nitriles is 1. The van der Waals surface area contributed by atoms with Gasteiger partial charge in [0.05, 0.1) is 13.0 Å². The van der Waals surface area contributed by atoms with Crippen LogP contribution in [0.5, 0.6) is 17.2 Å². The van der Waals surface area contributed by atoms with Crippen molar-refractivity contribution in [2.24, 2.45) is 17.3 Å². The smallest absolute Gasteiger partial charge is 0.311 e. The first-order valence-corrected chi connectivity index (χ1v) is 12.0. The second kappa shape index (κ2) is 10.8. The summed E-state index contributed by atoms with van der Waals surface area (Å²) in [6.07, 6.45) is 0.160. The van der Waals surface area contributed by atoms with E-state index in [0.717, 1.165) is 13.2 Å². The van der Waals surface area contributed by atoms with E-state index in [4.69, 9.17) is 21.1 Å². The zero-order chi connectivity index (χ0) is 27.6. The van der Waals surface area contributed by atoms with Gasteiger partial charge in [-0.05, 0) is 41.7 Å². The van der Waals surface area contributed by atoms with Crippen molar-refractivity contribution in [3.8, 4) is 23.3 Å². The highest BCUT2D eigenvalue weighted by molar-refractivity contribution is 6.48. The van der Waals surface area contributed by atoms with E-state index >= 15 is 0 Å². The number of rotatable bonds is 8. The lowest BCUT2D eigenvalue weighted by Gasteiger charge is -2.13. The maximum Gasteiger partial charge on any atom is 0.311 e. The van der Waals surface area contributed by atoms with Crippen molar-refractivity contribution in [1.29, 1.82) is 5.26 Å². The van der Waals surface area contributed by atoms with Crippen LogP contribution in [0.3, 0.4) is 0 Å². The summed E-state index contributed by atoms with van der Waals surface area (Å²) >= 11 is 6.22. The maximum atomic E-state index is 14.5. The third kappa shape index (κ3) is 5.34. The molecule has 3 aromatic carbocycles. The zero-order valence-electron chi connectivity index (χ0n) is 20.7. The Labute approximate surface area is 223 Å². The molecule has 3 aromatic rings. The molecule has 4 rings (SSSR count). The first kappa shape index (κ1) is 27.1. The molecule has 0 aliphatic heterocycles. The molecule has 1 fully saturated rings. The largest absolute Gasteiger partial charge is 0.491 e. The Morgan fingerprint density at radius 1 is 1.05 bits per heavy atom. The Kier molecular flexibility index (Phi) is 7.70.